The number of sulfone groups is 1. The highest BCUT2D eigenvalue weighted by molar-refractivity contribution is 8.00. The Morgan fingerprint density at radius 2 is 1.53 bits per heavy atom. The molecular weight excluding hydrogens is 437 g/mol. The van der Waals surface area contributed by atoms with E-state index in [1.165, 1.54) is 24.0 Å². The van der Waals surface area contributed by atoms with Gasteiger partial charge < -0.3 is 0 Å². The summed E-state index contributed by atoms with van der Waals surface area (Å²) in [7, 11) is -3.27. The highest BCUT2D eigenvalue weighted by Gasteiger charge is 2.17. The van der Waals surface area contributed by atoms with Crippen molar-refractivity contribution in [1.82, 2.24) is 4.98 Å². The Hall–Kier alpha value is -2.48. The number of nitrogens with zero attached hydrogens (tertiary/aromatic N) is 1. The van der Waals surface area contributed by atoms with E-state index < -0.39 is 9.84 Å². The number of hydrogen-bond donors (Lipinski definition) is 0. The molecule has 152 valence electrons. The summed E-state index contributed by atoms with van der Waals surface area (Å²) in [6.07, 6.45) is 1.19. The summed E-state index contributed by atoms with van der Waals surface area (Å²) >= 11 is 3.20. The minimum absolute atomic E-state index is 0.267. The third-order valence-corrected chi connectivity index (χ3v) is 7.92. The van der Waals surface area contributed by atoms with Crippen molar-refractivity contribution in [3.8, 4) is 21.7 Å². The van der Waals surface area contributed by atoms with E-state index in [-0.39, 0.29) is 10.7 Å². The van der Waals surface area contributed by atoms with Crippen molar-refractivity contribution in [2.75, 3.05) is 6.26 Å². The summed E-state index contributed by atoms with van der Waals surface area (Å²) in [5.74, 6) is 0.505. The molecule has 3 nitrogen and oxygen atoms in total. The van der Waals surface area contributed by atoms with Crippen LogP contribution in [0.2, 0.25) is 0 Å². The largest absolute Gasteiger partial charge is 0.229 e. The van der Waals surface area contributed by atoms with E-state index in [0.29, 0.717) is 0 Å². The third-order valence-electron chi connectivity index (χ3n) is 4.47. The molecular formula is C23H18FNO2S3. The maximum Gasteiger partial charge on any atom is 0.175 e. The molecule has 1 heterocycles. The molecule has 0 N–H and O–H groups in total. The van der Waals surface area contributed by atoms with Gasteiger partial charge in [0.05, 0.1) is 15.5 Å². The molecule has 3 aromatic carbocycles. The number of thiazole rings is 1. The van der Waals surface area contributed by atoms with Crippen LogP contribution in [0.15, 0.2) is 88.1 Å². The molecule has 30 heavy (non-hydrogen) atoms. The summed E-state index contributed by atoms with van der Waals surface area (Å²) in [5.41, 5.74) is 3.68. The lowest BCUT2D eigenvalue weighted by molar-refractivity contribution is 0.602. The normalized spacial score (nSPS) is 11.5. The molecule has 4 aromatic rings. The molecule has 1 aromatic heterocycles. The second-order valence-electron chi connectivity index (χ2n) is 6.74. The molecule has 0 saturated heterocycles. The zero-order chi connectivity index (χ0) is 21.1. The maximum absolute atomic E-state index is 13.4. The molecule has 7 heteroatoms. The van der Waals surface area contributed by atoms with E-state index in [9.17, 15) is 12.8 Å². The highest BCUT2D eigenvalue weighted by Crippen LogP contribution is 2.41. The molecule has 0 aliphatic heterocycles. The van der Waals surface area contributed by atoms with Crippen molar-refractivity contribution in [1.29, 1.82) is 0 Å². The van der Waals surface area contributed by atoms with Crippen molar-refractivity contribution in [2.45, 2.75) is 15.0 Å². The second kappa shape index (κ2) is 8.71. The first kappa shape index (κ1) is 20.8. The average molecular weight is 456 g/mol. The van der Waals surface area contributed by atoms with Crippen LogP contribution < -0.4 is 0 Å². The Labute approximate surface area is 183 Å². The quantitative estimate of drug-likeness (QED) is 0.320. The van der Waals surface area contributed by atoms with Gasteiger partial charge in [0.1, 0.15) is 5.82 Å². The van der Waals surface area contributed by atoms with Crippen LogP contribution in [0.5, 0.6) is 0 Å². The van der Waals surface area contributed by atoms with Crippen LogP contribution in [-0.4, -0.2) is 19.7 Å². The van der Waals surface area contributed by atoms with Gasteiger partial charge in [-0.1, -0.05) is 66.4 Å². The summed E-state index contributed by atoms with van der Waals surface area (Å²) in [4.78, 5) is 6.02. The van der Waals surface area contributed by atoms with Gasteiger partial charge in [0, 0.05) is 17.6 Å². The van der Waals surface area contributed by atoms with Crippen LogP contribution in [0.3, 0.4) is 0 Å². The molecule has 0 aliphatic rings. The maximum atomic E-state index is 13.4. The van der Waals surface area contributed by atoms with Crippen LogP contribution in [0.4, 0.5) is 4.39 Å². The number of hydrogen-bond acceptors (Lipinski definition) is 5. The van der Waals surface area contributed by atoms with Gasteiger partial charge in [-0.3, -0.25) is 0 Å². The fourth-order valence-corrected chi connectivity index (χ4v) is 5.69. The van der Waals surface area contributed by atoms with Crippen LogP contribution >= 0.6 is 23.1 Å². The SMILES string of the molecule is CS(=O)(=O)c1ccc(-c2nc(SCc3ccccc3)sc2-c2ccc(F)cc2)cc1. The van der Waals surface area contributed by atoms with E-state index in [0.717, 1.165) is 31.8 Å². The standard InChI is InChI=1S/C23H18FNO2S3/c1-30(26,27)20-13-9-17(10-14-20)21-22(18-7-11-19(24)12-8-18)29-23(25-21)28-15-16-5-3-2-4-6-16/h2-14H,15H2,1H3. The smallest absolute Gasteiger partial charge is 0.175 e. The molecule has 0 spiro atoms. The molecule has 0 aliphatic carbocycles. The molecule has 0 saturated carbocycles. The summed E-state index contributed by atoms with van der Waals surface area (Å²) < 4.78 is 37.9. The van der Waals surface area contributed by atoms with Crippen molar-refractivity contribution < 1.29 is 12.8 Å². The fourth-order valence-electron chi connectivity index (χ4n) is 2.93. The zero-order valence-corrected chi connectivity index (χ0v) is 18.5. The molecule has 0 unspecified atom stereocenters. The Morgan fingerprint density at radius 1 is 0.900 bits per heavy atom. The molecule has 0 bridgehead atoms. The molecule has 4 rings (SSSR count). The van der Waals surface area contributed by atoms with E-state index in [1.54, 1.807) is 59.5 Å². The highest BCUT2D eigenvalue weighted by atomic mass is 32.2. The lowest BCUT2D eigenvalue weighted by atomic mass is 10.1. The fraction of sp³-hybridized carbons (Fsp3) is 0.0870. The lowest BCUT2D eigenvalue weighted by Gasteiger charge is -2.04. The predicted octanol–water partition coefficient (Wildman–Crippen LogP) is 6.31. The number of rotatable bonds is 6. The van der Waals surface area contributed by atoms with Crippen LogP contribution in [-0.2, 0) is 15.6 Å². The van der Waals surface area contributed by atoms with E-state index >= 15 is 0 Å². The van der Waals surface area contributed by atoms with Gasteiger partial charge >= 0.3 is 0 Å². The Kier molecular flexibility index (Phi) is 6.04. The average Bonchev–Trinajstić information content (AvgIpc) is 3.17. The molecule has 0 fully saturated rings. The van der Waals surface area contributed by atoms with Crippen LogP contribution in [0, 0.1) is 5.82 Å². The minimum Gasteiger partial charge on any atom is -0.229 e. The van der Waals surface area contributed by atoms with Crippen LogP contribution in [0.1, 0.15) is 5.56 Å². The van der Waals surface area contributed by atoms with Crippen molar-refractivity contribution >= 4 is 32.9 Å². The van der Waals surface area contributed by atoms with E-state index in [4.69, 9.17) is 4.98 Å². The van der Waals surface area contributed by atoms with Gasteiger partial charge in [0.2, 0.25) is 0 Å². The summed E-state index contributed by atoms with van der Waals surface area (Å²) in [6.45, 7) is 0. The van der Waals surface area contributed by atoms with Gasteiger partial charge in [-0.2, -0.15) is 0 Å². The molecule has 0 radical (unpaired) electrons. The van der Waals surface area contributed by atoms with E-state index in [2.05, 4.69) is 12.1 Å². The molecule has 0 atom stereocenters. The topological polar surface area (TPSA) is 47.0 Å². The number of benzene rings is 3. The number of aromatic nitrogens is 1. The van der Waals surface area contributed by atoms with Gasteiger partial charge in [-0.05, 0) is 35.4 Å². The van der Waals surface area contributed by atoms with Crippen molar-refractivity contribution in [3.05, 3.63) is 90.2 Å². The number of thioether (sulfide) groups is 1. The molecule has 0 amide bonds. The van der Waals surface area contributed by atoms with Crippen molar-refractivity contribution in [2.24, 2.45) is 0 Å². The van der Waals surface area contributed by atoms with Gasteiger partial charge in [-0.15, -0.1) is 11.3 Å². The Bertz CT molecular complexity index is 1250. The van der Waals surface area contributed by atoms with Gasteiger partial charge in [0.15, 0.2) is 14.2 Å². The van der Waals surface area contributed by atoms with Crippen LogP contribution in [0.25, 0.3) is 21.7 Å². The Balaban J connectivity index is 1.71. The first-order chi connectivity index (χ1) is 14.4. The summed E-state index contributed by atoms with van der Waals surface area (Å²) in [6, 6.07) is 23.2. The second-order valence-corrected chi connectivity index (χ2v) is 11.0. The minimum atomic E-state index is -3.27. The van der Waals surface area contributed by atoms with Gasteiger partial charge in [0.25, 0.3) is 0 Å². The predicted molar refractivity (Wildman–Crippen MR) is 122 cm³/mol. The first-order valence-electron chi connectivity index (χ1n) is 9.14. The van der Waals surface area contributed by atoms with Gasteiger partial charge in [-0.25, -0.2) is 17.8 Å². The Morgan fingerprint density at radius 3 is 2.17 bits per heavy atom. The zero-order valence-electron chi connectivity index (χ0n) is 16.1. The lowest BCUT2D eigenvalue weighted by Crippen LogP contribution is -1.96. The third kappa shape index (κ3) is 4.80. The van der Waals surface area contributed by atoms with E-state index in [1.807, 2.05) is 18.2 Å². The summed E-state index contributed by atoms with van der Waals surface area (Å²) in [5, 5.41) is 0. The number of halogens is 1. The monoisotopic (exact) mass is 455 g/mol. The van der Waals surface area contributed by atoms with Crippen molar-refractivity contribution in [3.63, 3.8) is 0 Å². The first-order valence-corrected chi connectivity index (χ1v) is 12.8.